The van der Waals surface area contributed by atoms with E-state index < -0.39 is 4.92 Å². The molecular formula is C13H10Cl2N2O3. The maximum atomic E-state index is 10.7. The molecule has 0 aliphatic rings. The van der Waals surface area contributed by atoms with Crippen LogP contribution in [0.3, 0.4) is 0 Å². The number of para-hydroxylation sites is 1. The van der Waals surface area contributed by atoms with Crippen LogP contribution in [0.25, 0.3) is 0 Å². The Morgan fingerprint density at radius 2 is 1.80 bits per heavy atom. The summed E-state index contributed by atoms with van der Waals surface area (Å²) in [6.07, 6.45) is 0. The van der Waals surface area contributed by atoms with Crippen molar-refractivity contribution in [3.05, 3.63) is 62.1 Å². The summed E-state index contributed by atoms with van der Waals surface area (Å²) >= 11 is 11.9. The van der Waals surface area contributed by atoms with Gasteiger partial charge in [0.1, 0.15) is 5.75 Å². The van der Waals surface area contributed by atoms with Gasteiger partial charge >= 0.3 is 0 Å². The van der Waals surface area contributed by atoms with E-state index in [9.17, 15) is 15.2 Å². The molecule has 2 rings (SSSR count). The molecule has 2 aromatic rings. The lowest BCUT2D eigenvalue weighted by Crippen LogP contribution is -2.01. The number of anilines is 1. The molecular weight excluding hydrogens is 303 g/mol. The van der Waals surface area contributed by atoms with Gasteiger partial charge in [0.2, 0.25) is 0 Å². The van der Waals surface area contributed by atoms with Gasteiger partial charge < -0.3 is 10.4 Å². The topological polar surface area (TPSA) is 75.4 Å². The van der Waals surface area contributed by atoms with Gasteiger partial charge in [0.05, 0.1) is 20.7 Å². The van der Waals surface area contributed by atoms with Crippen LogP contribution in [0, 0.1) is 10.1 Å². The summed E-state index contributed by atoms with van der Waals surface area (Å²) in [6, 6.07) is 9.26. The van der Waals surface area contributed by atoms with E-state index in [0.717, 1.165) is 0 Å². The Balaban J connectivity index is 2.22. The van der Waals surface area contributed by atoms with Gasteiger partial charge in [0.15, 0.2) is 0 Å². The maximum Gasteiger partial charge on any atom is 0.272 e. The molecule has 7 heteroatoms. The predicted octanol–water partition coefficient (Wildman–Crippen LogP) is 4.22. The molecule has 0 bridgehead atoms. The minimum absolute atomic E-state index is 0.147. The van der Waals surface area contributed by atoms with Gasteiger partial charge in [-0.2, -0.15) is 0 Å². The molecule has 0 amide bonds. The average molecular weight is 313 g/mol. The van der Waals surface area contributed by atoms with Gasteiger partial charge in [-0.05, 0) is 6.07 Å². The highest BCUT2D eigenvalue weighted by Crippen LogP contribution is 2.35. The molecule has 104 valence electrons. The van der Waals surface area contributed by atoms with Crippen LogP contribution in [0.15, 0.2) is 36.4 Å². The van der Waals surface area contributed by atoms with Gasteiger partial charge in [-0.25, -0.2) is 0 Å². The molecule has 0 radical (unpaired) electrons. The Labute approximate surface area is 124 Å². The Morgan fingerprint density at radius 3 is 2.35 bits per heavy atom. The minimum atomic E-state index is -0.565. The second kappa shape index (κ2) is 5.98. The summed E-state index contributed by atoms with van der Waals surface area (Å²) in [4.78, 5) is 10.1. The standard InChI is InChI=1S/C13H10Cl2N2O3/c14-10-5-9(17(19)20)6-11(15)13(10)16-7-8-3-1-2-4-12(8)18/h1-6,16,18H,7H2. The smallest absolute Gasteiger partial charge is 0.272 e. The largest absolute Gasteiger partial charge is 0.508 e. The summed E-state index contributed by atoms with van der Waals surface area (Å²) < 4.78 is 0. The molecule has 0 aliphatic carbocycles. The van der Waals surface area contributed by atoms with E-state index in [0.29, 0.717) is 17.8 Å². The van der Waals surface area contributed by atoms with Crippen LogP contribution in [-0.4, -0.2) is 10.0 Å². The number of nitrogens with one attached hydrogen (secondary N) is 1. The first-order valence-corrected chi connectivity index (χ1v) is 6.39. The lowest BCUT2D eigenvalue weighted by atomic mass is 10.2. The van der Waals surface area contributed by atoms with E-state index >= 15 is 0 Å². The van der Waals surface area contributed by atoms with Crippen LogP contribution >= 0.6 is 23.2 Å². The number of nitro benzene ring substituents is 1. The fourth-order valence-corrected chi connectivity index (χ4v) is 2.29. The fraction of sp³-hybridized carbons (Fsp3) is 0.0769. The van der Waals surface area contributed by atoms with Crippen molar-refractivity contribution in [1.82, 2.24) is 0 Å². The van der Waals surface area contributed by atoms with Crippen molar-refractivity contribution >= 4 is 34.6 Å². The van der Waals surface area contributed by atoms with E-state index in [2.05, 4.69) is 5.32 Å². The zero-order valence-corrected chi connectivity index (χ0v) is 11.6. The SMILES string of the molecule is O=[N+]([O-])c1cc(Cl)c(NCc2ccccc2O)c(Cl)c1. The molecule has 0 aliphatic heterocycles. The number of halogens is 2. The number of non-ortho nitro benzene ring substituents is 1. The number of phenols is 1. The normalized spacial score (nSPS) is 10.3. The van der Waals surface area contributed by atoms with Gasteiger partial charge in [0, 0.05) is 24.2 Å². The fourth-order valence-electron chi connectivity index (χ4n) is 1.68. The maximum absolute atomic E-state index is 10.7. The highest BCUT2D eigenvalue weighted by Gasteiger charge is 2.14. The number of nitro groups is 1. The van der Waals surface area contributed by atoms with Crippen LogP contribution in [0.4, 0.5) is 11.4 Å². The first kappa shape index (κ1) is 14.4. The summed E-state index contributed by atoms with van der Waals surface area (Å²) in [5.74, 6) is 0.147. The molecule has 0 saturated heterocycles. The van der Waals surface area contributed by atoms with Crippen molar-refractivity contribution in [3.63, 3.8) is 0 Å². The van der Waals surface area contributed by atoms with Gasteiger partial charge in [-0.15, -0.1) is 0 Å². The number of benzene rings is 2. The van der Waals surface area contributed by atoms with Crippen LogP contribution in [-0.2, 0) is 6.54 Å². The molecule has 0 saturated carbocycles. The molecule has 20 heavy (non-hydrogen) atoms. The second-order valence-electron chi connectivity index (χ2n) is 4.02. The van der Waals surface area contributed by atoms with Crippen LogP contribution in [0.1, 0.15) is 5.56 Å². The van der Waals surface area contributed by atoms with Crippen molar-refractivity contribution in [1.29, 1.82) is 0 Å². The molecule has 2 N–H and O–H groups in total. The summed E-state index contributed by atoms with van der Waals surface area (Å²) in [5.41, 5.74) is 0.883. The summed E-state index contributed by atoms with van der Waals surface area (Å²) in [7, 11) is 0. The first-order valence-electron chi connectivity index (χ1n) is 5.63. The van der Waals surface area contributed by atoms with E-state index in [-0.39, 0.29) is 21.5 Å². The Bertz CT molecular complexity index is 639. The number of aromatic hydroxyl groups is 1. The van der Waals surface area contributed by atoms with Crippen LogP contribution in [0.2, 0.25) is 10.0 Å². The van der Waals surface area contributed by atoms with E-state index in [4.69, 9.17) is 23.2 Å². The number of hydrogen-bond acceptors (Lipinski definition) is 4. The third-order valence-corrected chi connectivity index (χ3v) is 3.28. The highest BCUT2D eigenvalue weighted by molar-refractivity contribution is 6.39. The van der Waals surface area contributed by atoms with E-state index in [1.165, 1.54) is 12.1 Å². The average Bonchev–Trinajstić information content (AvgIpc) is 2.39. The third kappa shape index (κ3) is 3.12. The minimum Gasteiger partial charge on any atom is -0.508 e. The van der Waals surface area contributed by atoms with E-state index in [1.807, 2.05) is 0 Å². The molecule has 0 spiro atoms. The summed E-state index contributed by atoms with van der Waals surface area (Å²) in [5, 5.41) is 23.6. The molecule has 2 aromatic carbocycles. The Morgan fingerprint density at radius 1 is 1.20 bits per heavy atom. The lowest BCUT2D eigenvalue weighted by molar-refractivity contribution is -0.384. The molecule has 0 aromatic heterocycles. The summed E-state index contributed by atoms with van der Waals surface area (Å²) in [6.45, 7) is 0.296. The lowest BCUT2D eigenvalue weighted by Gasteiger charge is -2.11. The Hall–Kier alpha value is -1.98. The molecule has 5 nitrogen and oxygen atoms in total. The predicted molar refractivity (Wildman–Crippen MR) is 78.5 cm³/mol. The number of phenolic OH excluding ortho intramolecular Hbond substituents is 1. The zero-order chi connectivity index (χ0) is 14.7. The van der Waals surface area contributed by atoms with Crippen molar-refractivity contribution in [2.75, 3.05) is 5.32 Å². The number of rotatable bonds is 4. The third-order valence-electron chi connectivity index (χ3n) is 2.68. The second-order valence-corrected chi connectivity index (χ2v) is 4.84. The van der Waals surface area contributed by atoms with Crippen molar-refractivity contribution in [2.24, 2.45) is 0 Å². The molecule has 0 unspecified atom stereocenters. The molecule has 0 atom stereocenters. The zero-order valence-electron chi connectivity index (χ0n) is 10.1. The highest BCUT2D eigenvalue weighted by atomic mass is 35.5. The van der Waals surface area contributed by atoms with Crippen molar-refractivity contribution in [2.45, 2.75) is 6.54 Å². The van der Waals surface area contributed by atoms with E-state index in [1.54, 1.807) is 24.3 Å². The van der Waals surface area contributed by atoms with Crippen molar-refractivity contribution in [3.8, 4) is 5.75 Å². The van der Waals surface area contributed by atoms with Crippen LogP contribution in [0.5, 0.6) is 5.75 Å². The molecule has 0 heterocycles. The monoisotopic (exact) mass is 312 g/mol. The number of nitrogens with zero attached hydrogens (tertiary/aromatic N) is 1. The molecule has 0 fully saturated rings. The van der Waals surface area contributed by atoms with Crippen LogP contribution < -0.4 is 5.32 Å². The first-order chi connectivity index (χ1) is 9.49. The van der Waals surface area contributed by atoms with Crippen molar-refractivity contribution < 1.29 is 10.0 Å². The van der Waals surface area contributed by atoms with Gasteiger partial charge in [-0.1, -0.05) is 41.4 Å². The Kier molecular flexibility index (Phi) is 4.32. The quantitative estimate of drug-likeness (QED) is 0.654. The van der Waals surface area contributed by atoms with Gasteiger partial charge in [0.25, 0.3) is 5.69 Å². The number of hydrogen-bond donors (Lipinski definition) is 2. The van der Waals surface area contributed by atoms with Gasteiger partial charge in [-0.3, -0.25) is 10.1 Å².